The highest BCUT2D eigenvalue weighted by atomic mass is 19.1. The van der Waals surface area contributed by atoms with Crippen LogP contribution in [0.3, 0.4) is 0 Å². The van der Waals surface area contributed by atoms with Crippen molar-refractivity contribution < 1.29 is 18.7 Å². The molecule has 2 aliphatic heterocycles. The second kappa shape index (κ2) is 9.37. The molecule has 2 saturated heterocycles. The van der Waals surface area contributed by atoms with Crippen LogP contribution in [0.1, 0.15) is 49.4 Å². The summed E-state index contributed by atoms with van der Waals surface area (Å²) in [6, 6.07) is 13.0. The molecule has 0 aromatic heterocycles. The van der Waals surface area contributed by atoms with Crippen LogP contribution in [0.4, 0.5) is 14.9 Å². The van der Waals surface area contributed by atoms with Gasteiger partial charge in [-0.15, -0.1) is 0 Å². The summed E-state index contributed by atoms with van der Waals surface area (Å²) in [6.07, 6.45) is 4.38. The van der Waals surface area contributed by atoms with Gasteiger partial charge in [-0.2, -0.15) is 0 Å². The molecule has 2 aromatic carbocycles. The van der Waals surface area contributed by atoms with E-state index in [1.807, 2.05) is 11.8 Å². The van der Waals surface area contributed by atoms with Gasteiger partial charge in [0.25, 0.3) is 5.91 Å². The van der Waals surface area contributed by atoms with Crippen molar-refractivity contribution in [3.63, 3.8) is 0 Å². The fourth-order valence-corrected chi connectivity index (χ4v) is 4.69. The van der Waals surface area contributed by atoms with Gasteiger partial charge in [0.15, 0.2) is 0 Å². The number of benzene rings is 2. The van der Waals surface area contributed by atoms with E-state index in [-0.39, 0.29) is 35.9 Å². The lowest BCUT2D eigenvalue weighted by molar-refractivity contribution is 0.0577. The minimum Gasteiger partial charge on any atom is -0.494 e. The van der Waals surface area contributed by atoms with Crippen LogP contribution in [0.15, 0.2) is 48.5 Å². The third-order valence-corrected chi connectivity index (χ3v) is 6.07. The number of halogens is 1. The Hall–Kier alpha value is -3.09. The van der Waals surface area contributed by atoms with Crippen LogP contribution < -0.4 is 15.4 Å². The zero-order valence-electron chi connectivity index (χ0n) is 17.6. The van der Waals surface area contributed by atoms with E-state index in [1.165, 1.54) is 12.1 Å². The summed E-state index contributed by atoms with van der Waals surface area (Å²) in [5.74, 6) is 0.309. The van der Waals surface area contributed by atoms with Gasteiger partial charge in [-0.05, 0) is 87.6 Å². The number of carbonyl (C=O) groups is 2. The van der Waals surface area contributed by atoms with Crippen LogP contribution in [0.2, 0.25) is 0 Å². The predicted octanol–water partition coefficient (Wildman–Crippen LogP) is 4.57. The number of hydrogen-bond donors (Lipinski definition) is 2. The Balaban J connectivity index is 1.37. The molecule has 164 valence electrons. The van der Waals surface area contributed by atoms with Crippen molar-refractivity contribution in [3.05, 3.63) is 59.9 Å². The van der Waals surface area contributed by atoms with Gasteiger partial charge in [0.05, 0.1) is 6.61 Å². The molecule has 2 heterocycles. The topological polar surface area (TPSA) is 70.7 Å². The highest BCUT2D eigenvalue weighted by molar-refractivity contribution is 5.94. The highest BCUT2D eigenvalue weighted by Crippen LogP contribution is 2.34. The molecule has 3 atom stereocenters. The fourth-order valence-electron chi connectivity index (χ4n) is 4.69. The van der Waals surface area contributed by atoms with Crippen molar-refractivity contribution in [1.82, 2.24) is 10.2 Å². The van der Waals surface area contributed by atoms with E-state index in [2.05, 4.69) is 10.6 Å². The van der Waals surface area contributed by atoms with E-state index in [1.54, 1.807) is 36.4 Å². The summed E-state index contributed by atoms with van der Waals surface area (Å²) >= 11 is 0. The summed E-state index contributed by atoms with van der Waals surface area (Å²) in [5, 5.41) is 6.04. The molecule has 2 bridgehead atoms. The van der Waals surface area contributed by atoms with Gasteiger partial charge >= 0.3 is 6.03 Å². The van der Waals surface area contributed by atoms with Crippen LogP contribution in [0.25, 0.3) is 0 Å². The number of carbonyl (C=O) groups excluding carboxylic acids is 2. The summed E-state index contributed by atoms with van der Waals surface area (Å²) in [5.41, 5.74) is 1.18. The maximum Gasteiger partial charge on any atom is 0.322 e. The number of amides is 3. The van der Waals surface area contributed by atoms with Crippen molar-refractivity contribution >= 4 is 17.6 Å². The van der Waals surface area contributed by atoms with Gasteiger partial charge in [-0.25, -0.2) is 9.18 Å². The molecule has 3 amide bonds. The van der Waals surface area contributed by atoms with E-state index in [4.69, 9.17) is 4.74 Å². The third kappa shape index (κ3) is 4.98. The lowest BCUT2D eigenvalue weighted by Crippen LogP contribution is -2.59. The lowest BCUT2D eigenvalue weighted by Gasteiger charge is -2.48. The first-order chi connectivity index (χ1) is 15.0. The molecule has 1 unspecified atom stereocenters. The normalized spacial score (nSPS) is 22.5. The van der Waals surface area contributed by atoms with E-state index in [0.29, 0.717) is 17.9 Å². The second-order valence-electron chi connectivity index (χ2n) is 8.18. The molecule has 0 spiro atoms. The summed E-state index contributed by atoms with van der Waals surface area (Å²) < 4.78 is 18.6. The maximum atomic E-state index is 13.1. The summed E-state index contributed by atoms with van der Waals surface area (Å²) in [4.78, 5) is 27.6. The third-order valence-electron chi connectivity index (χ3n) is 6.07. The fraction of sp³-hybridized carbons (Fsp3) is 0.417. The van der Waals surface area contributed by atoms with Crippen molar-refractivity contribution in [2.24, 2.45) is 0 Å². The van der Waals surface area contributed by atoms with Gasteiger partial charge in [-0.1, -0.05) is 0 Å². The zero-order chi connectivity index (χ0) is 21.8. The average Bonchev–Trinajstić information content (AvgIpc) is 2.75. The van der Waals surface area contributed by atoms with E-state index >= 15 is 0 Å². The maximum absolute atomic E-state index is 13.1. The molecule has 0 saturated carbocycles. The highest BCUT2D eigenvalue weighted by Gasteiger charge is 2.41. The quantitative estimate of drug-likeness (QED) is 0.737. The molecule has 2 aromatic rings. The number of nitrogens with zero attached hydrogens (tertiary/aromatic N) is 1. The van der Waals surface area contributed by atoms with Crippen LogP contribution in [-0.2, 0) is 0 Å². The Kier molecular flexibility index (Phi) is 6.39. The monoisotopic (exact) mass is 425 g/mol. The number of ether oxygens (including phenoxy) is 1. The van der Waals surface area contributed by atoms with Gasteiger partial charge in [0.1, 0.15) is 11.6 Å². The Morgan fingerprint density at radius 3 is 2.29 bits per heavy atom. The molecular weight excluding hydrogens is 397 g/mol. The largest absolute Gasteiger partial charge is 0.494 e. The van der Waals surface area contributed by atoms with Crippen molar-refractivity contribution in [3.8, 4) is 5.75 Å². The summed E-state index contributed by atoms with van der Waals surface area (Å²) in [7, 11) is 0. The number of nitrogens with one attached hydrogen (secondary N) is 2. The Morgan fingerprint density at radius 1 is 1.03 bits per heavy atom. The Labute approximate surface area is 181 Å². The second-order valence-corrected chi connectivity index (χ2v) is 8.18. The number of urea groups is 1. The molecule has 7 heteroatoms. The zero-order valence-corrected chi connectivity index (χ0v) is 17.6. The minimum atomic E-state index is -0.334. The van der Waals surface area contributed by atoms with Crippen molar-refractivity contribution in [2.45, 2.75) is 57.2 Å². The van der Waals surface area contributed by atoms with Crippen LogP contribution in [-0.4, -0.2) is 41.6 Å². The molecule has 6 nitrogen and oxygen atoms in total. The average molecular weight is 426 g/mol. The van der Waals surface area contributed by atoms with Crippen LogP contribution >= 0.6 is 0 Å². The van der Waals surface area contributed by atoms with Crippen molar-refractivity contribution in [1.29, 1.82) is 0 Å². The predicted molar refractivity (Wildman–Crippen MR) is 117 cm³/mol. The Bertz CT molecular complexity index is 903. The van der Waals surface area contributed by atoms with Gasteiger partial charge < -0.3 is 20.3 Å². The molecule has 2 aliphatic rings. The molecule has 31 heavy (non-hydrogen) atoms. The molecule has 4 rings (SSSR count). The molecule has 0 radical (unpaired) electrons. The van der Waals surface area contributed by atoms with E-state index in [9.17, 15) is 14.0 Å². The SMILES string of the molecule is CCOc1ccc(C(=O)NC2C[C@H]3CCC[C@@H](C2)N3C(=O)Nc2ccc(F)cc2)cc1. The van der Waals surface area contributed by atoms with Gasteiger partial charge in [0.2, 0.25) is 0 Å². The molecule has 2 N–H and O–H groups in total. The number of piperidine rings is 2. The first-order valence-corrected chi connectivity index (χ1v) is 10.9. The van der Waals surface area contributed by atoms with Gasteiger partial charge in [-0.3, -0.25) is 4.79 Å². The summed E-state index contributed by atoms with van der Waals surface area (Å²) in [6.45, 7) is 2.51. The van der Waals surface area contributed by atoms with E-state index < -0.39 is 0 Å². The number of hydrogen-bond acceptors (Lipinski definition) is 3. The smallest absolute Gasteiger partial charge is 0.322 e. The Morgan fingerprint density at radius 2 is 1.68 bits per heavy atom. The van der Waals surface area contributed by atoms with Crippen LogP contribution in [0, 0.1) is 5.82 Å². The number of fused-ring (bicyclic) bond motifs is 2. The lowest BCUT2D eigenvalue weighted by atomic mass is 9.82. The molecular formula is C24H28FN3O3. The van der Waals surface area contributed by atoms with Gasteiger partial charge in [0, 0.05) is 29.4 Å². The first-order valence-electron chi connectivity index (χ1n) is 10.9. The standard InChI is InChI=1S/C24H28FN3O3/c1-2-31-22-12-6-16(7-13-22)23(29)26-19-14-20-4-3-5-21(15-19)28(20)24(30)27-18-10-8-17(25)9-11-18/h6-13,19-21H,2-5,14-15H2,1H3,(H,26,29)(H,27,30)/t19?,20-,21+. The molecule has 2 fully saturated rings. The minimum absolute atomic E-state index is 0.0317. The van der Waals surface area contributed by atoms with E-state index in [0.717, 1.165) is 37.9 Å². The number of rotatable bonds is 5. The number of anilines is 1. The van der Waals surface area contributed by atoms with Crippen molar-refractivity contribution in [2.75, 3.05) is 11.9 Å². The molecule has 0 aliphatic carbocycles. The first kappa shape index (κ1) is 21.2. The van der Waals surface area contributed by atoms with Crippen LogP contribution in [0.5, 0.6) is 5.75 Å².